The SMILES string of the molecule is O=C(Nc1ccccc1C(=O)NCCSCc1ccccc1F)c1ccc([N+](=O)[O-])cc1Cl. The predicted octanol–water partition coefficient (Wildman–Crippen LogP) is 5.30. The minimum absolute atomic E-state index is 0.0435. The lowest BCUT2D eigenvalue weighted by Crippen LogP contribution is -2.27. The molecule has 0 heterocycles. The van der Waals surface area contributed by atoms with Crippen molar-refractivity contribution in [1.29, 1.82) is 0 Å². The Balaban J connectivity index is 1.58. The summed E-state index contributed by atoms with van der Waals surface area (Å²) in [5.74, 6) is -0.173. The van der Waals surface area contributed by atoms with Crippen LogP contribution in [-0.2, 0) is 5.75 Å². The van der Waals surface area contributed by atoms with E-state index in [1.165, 1.54) is 30.0 Å². The van der Waals surface area contributed by atoms with Gasteiger partial charge in [-0.2, -0.15) is 11.8 Å². The number of hydrogen-bond donors (Lipinski definition) is 2. The fraction of sp³-hybridized carbons (Fsp3) is 0.130. The van der Waals surface area contributed by atoms with E-state index >= 15 is 0 Å². The molecular formula is C23H19ClFN3O4S. The summed E-state index contributed by atoms with van der Waals surface area (Å²) in [6.07, 6.45) is 0. The van der Waals surface area contributed by atoms with Crippen molar-refractivity contribution in [3.05, 3.63) is 104 Å². The summed E-state index contributed by atoms with van der Waals surface area (Å²) in [4.78, 5) is 35.5. The first-order valence-electron chi connectivity index (χ1n) is 9.80. The van der Waals surface area contributed by atoms with Crippen molar-refractivity contribution in [2.24, 2.45) is 0 Å². The molecule has 0 aliphatic carbocycles. The molecule has 0 saturated heterocycles. The highest BCUT2D eigenvalue weighted by molar-refractivity contribution is 7.98. The lowest BCUT2D eigenvalue weighted by Gasteiger charge is -2.12. The Morgan fingerprint density at radius 1 is 1.00 bits per heavy atom. The number of non-ortho nitro benzene ring substituents is 1. The number of nitro groups is 1. The standard InChI is InChI=1S/C23H19ClFN3O4S/c24-19-13-16(28(31)32)9-10-17(19)23(30)27-21-8-4-2-6-18(21)22(29)26-11-12-33-14-15-5-1-3-7-20(15)25/h1-10,13H,11-12,14H2,(H,26,29)(H,27,30). The van der Waals surface area contributed by atoms with Crippen molar-refractivity contribution in [3.63, 3.8) is 0 Å². The number of para-hydroxylation sites is 1. The van der Waals surface area contributed by atoms with Crippen molar-refractivity contribution in [2.75, 3.05) is 17.6 Å². The highest BCUT2D eigenvalue weighted by Gasteiger charge is 2.18. The third-order valence-corrected chi connectivity index (χ3v) is 5.90. The van der Waals surface area contributed by atoms with Gasteiger partial charge < -0.3 is 10.6 Å². The Morgan fingerprint density at radius 2 is 1.73 bits per heavy atom. The first-order valence-corrected chi connectivity index (χ1v) is 11.3. The molecule has 0 aromatic heterocycles. The van der Waals surface area contributed by atoms with Crippen LogP contribution in [0.15, 0.2) is 66.7 Å². The number of hydrogen-bond acceptors (Lipinski definition) is 5. The predicted molar refractivity (Wildman–Crippen MR) is 127 cm³/mol. The number of nitrogens with one attached hydrogen (secondary N) is 2. The molecule has 0 unspecified atom stereocenters. The van der Waals surface area contributed by atoms with E-state index in [4.69, 9.17) is 11.6 Å². The van der Waals surface area contributed by atoms with Gasteiger partial charge in [0.25, 0.3) is 17.5 Å². The number of halogens is 2. The highest BCUT2D eigenvalue weighted by atomic mass is 35.5. The molecule has 7 nitrogen and oxygen atoms in total. The number of amides is 2. The molecule has 0 aliphatic heterocycles. The van der Waals surface area contributed by atoms with Gasteiger partial charge in [0.1, 0.15) is 5.82 Å². The molecule has 2 N–H and O–H groups in total. The van der Waals surface area contributed by atoms with E-state index in [2.05, 4.69) is 10.6 Å². The first kappa shape index (κ1) is 24.2. The highest BCUT2D eigenvalue weighted by Crippen LogP contribution is 2.24. The minimum Gasteiger partial charge on any atom is -0.351 e. The van der Waals surface area contributed by atoms with E-state index in [0.29, 0.717) is 23.6 Å². The number of benzene rings is 3. The maximum absolute atomic E-state index is 13.6. The van der Waals surface area contributed by atoms with Crippen LogP contribution in [0.3, 0.4) is 0 Å². The number of rotatable bonds is 9. The molecule has 3 aromatic rings. The molecule has 10 heteroatoms. The minimum atomic E-state index is -0.609. The lowest BCUT2D eigenvalue weighted by atomic mass is 10.1. The van der Waals surface area contributed by atoms with Crippen molar-refractivity contribution >= 4 is 46.6 Å². The van der Waals surface area contributed by atoms with E-state index in [1.807, 2.05) is 0 Å². The molecule has 0 bridgehead atoms. The van der Waals surface area contributed by atoms with Gasteiger partial charge in [0, 0.05) is 30.2 Å². The Labute approximate surface area is 198 Å². The van der Waals surface area contributed by atoms with Crippen LogP contribution in [0, 0.1) is 15.9 Å². The molecule has 3 aromatic carbocycles. The van der Waals surface area contributed by atoms with Gasteiger partial charge in [-0.1, -0.05) is 41.9 Å². The van der Waals surface area contributed by atoms with Gasteiger partial charge in [-0.15, -0.1) is 0 Å². The number of carbonyl (C=O) groups is 2. The molecule has 3 rings (SSSR count). The molecular weight excluding hydrogens is 469 g/mol. The molecule has 170 valence electrons. The van der Waals surface area contributed by atoms with Gasteiger partial charge in [-0.25, -0.2) is 4.39 Å². The Kier molecular flexibility index (Phi) is 8.39. The second-order valence-electron chi connectivity index (χ2n) is 6.82. The summed E-state index contributed by atoms with van der Waals surface area (Å²) in [6, 6.07) is 16.5. The Morgan fingerprint density at radius 3 is 2.45 bits per heavy atom. The van der Waals surface area contributed by atoms with E-state index in [1.54, 1.807) is 42.5 Å². The average molecular weight is 488 g/mol. The van der Waals surface area contributed by atoms with Crippen LogP contribution < -0.4 is 10.6 Å². The summed E-state index contributed by atoms with van der Waals surface area (Å²) >= 11 is 7.51. The van der Waals surface area contributed by atoms with Crippen LogP contribution in [0.25, 0.3) is 0 Å². The largest absolute Gasteiger partial charge is 0.351 e. The van der Waals surface area contributed by atoms with Crippen LogP contribution in [-0.4, -0.2) is 29.0 Å². The van der Waals surface area contributed by atoms with Gasteiger partial charge in [0.15, 0.2) is 0 Å². The van der Waals surface area contributed by atoms with Gasteiger partial charge in [0.2, 0.25) is 0 Å². The molecule has 0 aliphatic rings. The van der Waals surface area contributed by atoms with Gasteiger partial charge in [-0.3, -0.25) is 19.7 Å². The summed E-state index contributed by atoms with van der Waals surface area (Å²) in [6.45, 7) is 0.356. The third kappa shape index (κ3) is 6.53. The van der Waals surface area contributed by atoms with Crippen molar-refractivity contribution in [3.8, 4) is 0 Å². The lowest BCUT2D eigenvalue weighted by molar-refractivity contribution is -0.384. The Hall–Kier alpha value is -3.43. The fourth-order valence-corrected chi connectivity index (χ4v) is 4.02. The molecule has 33 heavy (non-hydrogen) atoms. The Bertz CT molecular complexity index is 1190. The second kappa shape index (κ2) is 11.4. The molecule has 0 fully saturated rings. The normalized spacial score (nSPS) is 10.5. The molecule has 0 radical (unpaired) electrons. The van der Waals surface area contributed by atoms with E-state index in [0.717, 1.165) is 6.07 Å². The van der Waals surface area contributed by atoms with Crippen LogP contribution in [0.5, 0.6) is 0 Å². The molecule has 0 saturated carbocycles. The second-order valence-corrected chi connectivity index (χ2v) is 8.33. The van der Waals surface area contributed by atoms with Gasteiger partial charge >= 0.3 is 0 Å². The van der Waals surface area contributed by atoms with Crippen LogP contribution in [0.1, 0.15) is 26.3 Å². The third-order valence-electron chi connectivity index (χ3n) is 4.58. The molecule has 0 spiro atoms. The van der Waals surface area contributed by atoms with Crippen LogP contribution in [0.2, 0.25) is 5.02 Å². The van der Waals surface area contributed by atoms with Crippen LogP contribution in [0.4, 0.5) is 15.8 Å². The van der Waals surface area contributed by atoms with Gasteiger partial charge in [-0.05, 0) is 29.8 Å². The topological polar surface area (TPSA) is 101 Å². The zero-order valence-electron chi connectivity index (χ0n) is 17.2. The number of nitrogens with zero attached hydrogens (tertiary/aromatic N) is 1. The smallest absolute Gasteiger partial charge is 0.270 e. The summed E-state index contributed by atoms with van der Waals surface area (Å²) in [5.41, 5.74) is 0.939. The van der Waals surface area contributed by atoms with Crippen LogP contribution >= 0.6 is 23.4 Å². The number of anilines is 1. The monoisotopic (exact) mass is 487 g/mol. The molecule has 2 amide bonds. The van der Waals surface area contributed by atoms with E-state index in [9.17, 15) is 24.1 Å². The number of nitro benzene ring substituents is 1. The van der Waals surface area contributed by atoms with E-state index in [-0.39, 0.29) is 39.2 Å². The maximum Gasteiger partial charge on any atom is 0.270 e. The summed E-state index contributed by atoms with van der Waals surface area (Å²) < 4.78 is 13.6. The van der Waals surface area contributed by atoms with Crippen molar-refractivity contribution in [2.45, 2.75) is 5.75 Å². The molecule has 0 atom stereocenters. The van der Waals surface area contributed by atoms with Crippen molar-refractivity contribution in [1.82, 2.24) is 5.32 Å². The zero-order valence-corrected chi connectivity index (χ0v) is 18.8. The zero-order chi connectivity index (χ0) is 23.8. The average Bonchev–Trinajstić information content (AvgIpc) is 2.80. The number of thioether (sulfide) groups is 1. The number of carbonyl (C=O) groups excluding carboxylic acids is 2. The van der Waals surface area contributed by atoms with Crippen molar-refractivity contribution < 1.29 is 18.9 Å². The summed E-state index contributed by atoms with van der Waals surface area (Å²) in [7, 11) is 0. The van der Waals surface area contributed by atoms with Gasteiger partial charge in [0.05, 0.1) is 26.8 Å². The summed E-state index contributed by atoms with van der Waals surface area (Å²) in [5, 5.41) is 16.2. The quantitative estimate of drug-likeness (QED) is 0.242. The maximum atomic E-state index is 13.6. The first-order chi connectivity index (χ1) is 15.9. The fourth-order valence-electron chi connectivity index (χ4n) is 2.91. The van der Waals surface area contributed by atoms with E-state index < -0.39 is 10.8 Å².